The van der Waals surface area contributed by atoms with Gasteiger partial charge in [-0.1, -0.05) is 12.1 Å². The van der Waals surface area contributed by atoms with Gasteiger partial charge in [-0.2, -0.15) is 0 Å². The molecule has 1 aromatic carbocycles. The van der Waals surface area contributed by atoms with Gasteiger partial charge in [-0.05, 0) is 37.0 Å². The summed E-state index contributed by atoms with van der Waals surface area (Å²) >= 11 is 0. The van der Waals surface area contributed by atoms with Gasteiger partial charge in [0.2, 0.25) is 5.91 Å². The van der Waals surface area contributed by atoms with E-state index in [1.165, 1.54) is 5.56 Å². The molecule has 3 aromatic rings. The van der Waals surface area contributed by atoms with E-state index in [1.807, 2.05) is 23.6 Å². The number of hydrogen-bond donors (Lipinski definition) is 1. The molecule has 1 aliphatic rings. The summed E-state index contributed by atoms with van der Waals surface area (Å²) in [6.07, 6.45) is 10.2. The number of imidazole rings is 1. The van der Waals surface area contributed by atoms with E-state index in [4.69, 9.17) is 0 Å². The molecule has 5 nitrogen and oxygen atoms in total. The standard InChI is InChI=1S/C19H22N4O/c1-14-4-5-17-15(11-21-18(17)9-14)10-19(24)22-7-2-3-16(12-22)23-8-6-20-13-23/h4-6,8-9,11,13,16,21H,2-3,7,10,12H2,1H3. The lowest BCUT2D eigenvalue weighted by Crippen LogP contribution is -2.41. The Hall–Kier alpha value is -2.56. The molecule has 0 aliphatic carbocycles. The van der Waals surface area contributed by atoms with Crippen molar-refractivity contribution in [2.75, 3.05) is 13.1 Å². The van der Waals surface area contributed by atoms with Crippen LogP contribution in [-0.4, -0.2) is 38.4 Å². The van der Waals surface area contributed by atoms with Crippen LogP contribution in [0.5, 0.6) is 0 Å². The van der Waals surface area contributed by atoms with E-state index < -0.39 is 0 Å². The van der Waals surface area contributed by atoms with Crippen molar-refractivity contribution in [1.29, 1.82) is 0 Å². The van der Waals surface area contributed by atoms with E-state index in [2.05, 4.69) is 39.7 Å². The van der Waals surface area contributed by atoms with Crippen molar-refractivity contribution in [3.8, 4) is 0 Å². The molecular formula is C19H22N4O. The van der Waals surface area contributed by atoms with Crippen LogP contribution in [0.25, 0.3) is 10.9 Å². The quantitative estimate of drug-likeness (QED) is 0.805. The molecule has 1 unspecified atom stereocenters. The highest BCUT2D eigenvalue weighted by Gasteiger charge is 2.25. The number of amides is 1. The van der Waals surface area contributed by atoms with Crippen LogP contribution in [0.4, 0.5) is 0 Å². The van der Waals surface area contributed by atoms with Crippen molar-refractivity contribution in [1.82, 2.24) is 19.4 Å². The molecule has 1 saturated heterocycles. The molecule has 24 heavy (non-hydrogen) atoms. The Morgan fingerprint density at radius 2 is 2.33 bits per heavy atom. The minimum absolute atomic E-state index is 0.210. The summed E-state index contributed by atoms with van der Waals surface area (Å²) in [5.41, 5.74) is 3.41. The third-order valence-corrected chi connectivity index (χ3v) is 4.96. The molecule has 0 bridgehead atoms. The fourth-order valence-corrected chi connectivity index (χ4v) is 3.63. The number of nitrogens with one attached hydrogen (secondary N) is 1. The second kappa shape index (κ2) is 6.15. The predicted octanol–water partition coefficient (Wildman–Crippen LogP) is 3.08. The second-order valence-electron chi connectivity index (χ2n) is 6.69. The SMILES string of the molecule is Cc1ccc2c(CC(=O)N3CCCC(n4ccnc4)C3)c[nH]c2c1. The zero-order valence-electron chi connectivity index (χ0n) is 13.9. The van der Waals surface area contributed by atoms with Gasteiger partial charge in [-0.3, -0.25) is 4.79 Å². The fraction of sp³-hybridized carbons (Fsp3) is 0.368. The Morgan fingerprint density at radius 3 is 3.17 bits per heavy atom. The molecule has 1 amide bonds. The number of hydrogen-bond acceptors (Lipinski definition) is 2. The topological polar surface area (TPSA) is 53.9 Å². The summed E-state index contributed by atoms with van der Waals surface area (Å²) in [6.45, 7) is 3.71. The maximum absolute atomic E-state index is 12.8. The summed E-state index contributed by atoms with van der Waals surface area (Å²) in [4.78, 5) is 22.2. The van der Waals surface area contributed by atoms with Crippen molar-refractivity contribution in [3.05, 3.63) is 54.2 Å². The van der Waals surface area contributed by atoms with Crippen LogP contribution < -0.4 is 0 Å². The molecule has 1 N–H and O–H groups in total. The number of benzene rings is 1. The van der Waals surface area contributed by atoms with E-state index in [0.29, 0.717) is 12.5 Å². The van der Waals surface area contributed by atoms with Crippen LogP contribution in [0, 0.1) is 6.92 Å². The number of aromatic nitrogens is 3. The predicted molar refractivity (Wildman–Crippen MR) is 93.8 cm³/mol. The Kier molecular flexibility index (Phi) is 3.84. The first-order valence-electron chi connectivity index (χ1n) is 8.52. The molecule has 4 rings (SSSR count). The van der Waals surface area contributed by atoms with Crippen molar-refractivity contribution in [2.45, 2.75) is 32.2 Å². The minimum Gasteiger partial charge on any atom is -0.361 e. The Bertz CT molecular complexity index is 850. The normalized spacial score (nSPS) is 18.2. The number of carbonyl (C=O) groups excluding carboxylic acids is 1. The van der Waals surface area contributed by atoms with Gasteiger partial charge in [-0.25, -0.2) is 4.98 Å². The van der Waals surface area contributed by atoms with Gasteiger partial charge in [0.15, 0.2) is 0 Å². The minimum atomic E-state index is 0.210. The first-order valence-corrected chi connectivity index (χ1v) is 8.52. The molecular weight excluding hydrogens is 300 g/mol. The maximum Gasteiger partial charge on any atom is 0.227 e. The lowest BCUT2D eigenvalue weighted by molar-refractivity contribution is -0.132. The molecule has 1 fully saturated rings. The molecule has 0 saturated carbocycles. The third-order valence-electron chi connectivity index (χ3n) is 4.96. The third kappa shape index (κ3) is 2.82. The number of aryl methyl sites for hydroxylation is 1. The molecule has 3 heterocycles. The molecule has 5 heteroatoms. The first kappa shape index (κ1) is 15.0. The van der Waals surface area contributed by atoms with Gasteiger partial charge in [0.05, 0.1) is 18.8 Å². The van der Waals surface area contributed by atoms with Crippen molar-refractivity contribution in [2.24, 2.45) is 0 Å². The van der Waals surface area contributed by atoms with Crippen LogP contribution in [0.3, 0.4) is 0 Å². The van der Waals surface area contributed by atoms with Crippen molar-refractivity contribution >= 4 is 16.8 Å². The number of nitrogens with zero attached hydrogens (tertiary/aromatic N) is 3. The number of rotatable bonds is 3. The molecule has 0 spiro atoms. The van der Waals surface area contributed by atoms with Crippen LogP contribution in [0.2, 0.25) is 0 Å². The average molecular weight is 322 g/mol. The van der Waals surface area contributed by atoms with Gasteiger partial charge in [0.1, 0.15) is 0 Å². The number of fused-ring (bicyclic) bond motifs is 1. The summed E-state index contributed by atoms with van der Waals surface area (Å²) < 4.78 is 2.12. The zero-order valence-corrected chi connectivity index (χ0v) is 13.9. The first-order chi connectivity index (χ1) is 11.7. The Morgan fingerprint density at radius 1 is 1.42 bits per heavy atom. The van der Waals surface area contributed by atoms with E-state index in [9.17, 15) is 4.79 Å². The van der Waals surface area contributed by atoms with Gasteiger partial charge in [0.25, 0.3) is 0 Å². The zero-order chi connectivity index (χ0) is 16.5. The number of H-pyrrole nitrogens is 1. The van der Waals surface area contributed by atoms with Crippen LogP contribution in [0.1, 0.15) is 30.0 Å². The van der Waals surface area contributed by atoms with Crippen molar-refractivity contribution < 1.29 is 4.79 Å². The highest BCUT2D eigenvalue weighted by atomic mass is 16.2. The molecule has 2 aromatic heterocycles. The lowest BCUT2D eigenvalue weighted by Gasteiger charge is -2.33. The summed E-state index contributed by atoms with van der Waals surface area (Å²) in [7, 11) is 0. The monoisotopic (exact) mass is 322 g/mol. The lowest BCUT2D eigenvalue weighted by atomic mass is 10.0. The molecule has 0 radical (unpaired) electrons. The number of aromatic amines is 1. The van der Waals surface area contributed by atoms with Crippen LogP contribution >= 0.6 is 0 Å². The van der Waals surface area contributed by atoms with Gasteiger partial charge >= 0.3 is 0 Å². The highest BCUT2D eigenvalue weighted by Crippen LogP contribution is 2.24. The van der Waals surface area contributed by atoms with E-state index in [-0.39, 0.29) is 5.91 Å². The average Bonchev–Trinajstić information content (AvgIpc) is 3.25. The summed E-state index contributed by atoms with van der Waals surface area (Å²) in [6, 6.07) is 6.67. The van der Waals surface area contributed by atoms with E-state index in [0.717, 1.165) is 42.4 Å². The van der Waals surface area contributed by atoms with Gasteiger partial charge < -0.3 is 14.5 Å². The molecule has 1 atom stereocenters. The van der Waals surface area contributed by atoms with E-state index >= 15 is 0 Å². The summed E-state index contributed by atoms with van der Waals surface area (Å²) in [5, 5.41) is 1.15. The highest BCUT2D eigenvalue weighted by molar-refractivity contribution is 5.89. The molecule has 124 valence electrons. The van der Waals surface area contributed by atoms with Crippen LogP contribution in [-0.2, 0) is 11.2 Å². The van der Waals surface area contributed by atoms with Crippen LogP contribution in [0.15, 0.2) is 43.1 Å². The summed E-state index contributed by atoms with van der Waals surface area (Å²) in [5.74, 6) is 0.210. The Labute approximate surface area is 141 Å². The van der Waals surface area contributed by atoms with Gasteiger partial charge in [-0.15, -0.1) is 0 Å². The number of carbonyl (C=O) groups is 1. The smallest absolute Gasteiger partial charge is 0.227 e. The maximum atomic E-state index is 12.8. The number of likely N-dealkylation sites (tertiary alicyclic amines) is 1. The van der Waals surface area contributed by atoms with E-state index in [1.54, 1.807) is 6.20 Å². The molecule has 1 aliphatic heterocycles. The van der Waals surface area contributed by atoms with Crippen molar-refractivity contribution in [3.63, 3.8) is 0 Å². The number of piperidine rings is 1. The second-order valence-corrected chi connectivity index (χ2v) is 6.69. The largest absolute Gasteiger partial charge is 0.361 e. The Balaban J connectivity index is 1.49. The van der Waals surface area contributed by atoms with Gasteiger partial charge in [0, 0.05) is 42.6 Å². The fourth-order valence-electron chi connectivity index (χ4n) is 3.63.